The Hall–Kier alpha value is -0.830. The van der Waals surface area contributed by atoms with Crippen LogP contribution in [0.15, 0.2) is 10.7 Å². The van der Waals surface area contributed by atoms with Crippen LogP contribution in [-0.2, 0) is 5.54 Å². The molecule has 2 rings (SSSR count). The lowest BCUT2D eigenvalue weighted by Crippen LogP contribution is -2.24. The molecule has 0 bridgehead atoms. The predicted molar refractivity (Wildman–Crippen MR) is 41.2 cm³/mol. The Kier molecular flexibility index (Phi) is 1.29. The largest absolute Gasteiger partial charge is 0.447 e. The van der Waals surface area contributed by atoms with E-state index >= 15 is 0 Å². The van der Waals surface area contributed by atoms with Crippen molar-refractivity contribution in [3.63, 3.8) is 0 Å². The van der Waals surface area contributed by atoms with E-state index in [9.17, 15) is 0 Å². The van der Waals surface area contributed by atoms with E-state index in [0.717, 1.165) is 24.4 Å². The molecule has 0 unspecified atom stereocenters. The van der Waals surface area contributed by atoms with Crippen molar-refractivity contribution in [3.8, 4) is 0 Å². The zero-order chi connectivity index (χ0) is 7.90. The Morgan fingerprint density at radius 3 is 2.73 bits per heavy atom. The standard InChI is InChI=1S/C8H12N2O/c1-6-5-11-7(10-6)8(9-2)3-4-8/h5,9H,3-4H2,1-2H3. The van der Waals surface area contributed by atoms with E-state index in [1.165, 1.54) is 0 Å². The van der Waals surface area contributed by atoms with Crippen LogP contribution >= 0.6 is 0 Å². The van der Waals surface area contributed by atoms with Gasteiger partial charge in [0.05, 0.1) is 11.2 Å². The zero-order valence-electron chi connectivity index (χ0n) is 6.85. The van der Waals surface area contributed by atoms with Crippen molar-refractivity contribution < 1.29 is 4.42 Å². The molecule has 1 heterocycles. The Bertz CT molecular complexity index is 263. The van der Waals surface area contributed by atoms with Crippen LogP contribution in [0.1, 0.15) is 24.4 Å². The maximum Gasteiger partial charge on any atom is 0.214 e. The number of aromatic nitrogens is 1. The van der Waals surface area contributed by atoms with Crippen LogP contribution in [0.25, 0.3) is 0 Å². The highest BCUT2D eigenvalue weighted by Gasteiger charge is 2.47. The third kappa shape index (κ3) is 0.959. The Labute approximate surface area is 65.8 Å². The van der Waals surface area contributed by atoms with Crippen molar-refractivity contribution in [1.29, 1.82) is 0 Å². The van der Waals surface area contributed by atoms with Crippen LogP contribution in [0, 0.1) is 6.92 Å². The van der Waals surface area contributed by atoms with Gasteiger partial charge in [0.1, 0.15) is 6.26 Å². The van der Waals surface area contributed by atoms with Gasteiger partial charge in [-0.3, -0.25) is 0 Å². The fourth-order valence-electron chi connectivity index (χ4n) is 1.27. The highest BCUT2D eigenvalue weighted by atomic mass is 16.3. The summed E-state index contributed by atoms with van der Waals surface area (Å²) in [6.07, 6.45) is 3.99. The van der Waals surface area contributed by atoms with E-state index in [1.807, 2.05) is 14.0 Å². The maximum atomic E-state index is 5.31. The lowest BCUT2D eigenvalue weighted by molar-refractivity contribution is 0.401. The Balaban J connectivity index is 2.29. The average Bonchev–Trinajstić information content (AvgIpc) is 2.70. The molecule has 0 aromatic carbocycles. The molecule has 0 saturated heterocycles. The lowest BCUT2D eigenvalue weighted by Gasteiger charge is -2.07. The number of rotatable bonds is 2. The van der Waals surface area contributed by atoms with E-state index in [0.29, 0.717) is 0 Å². The van der Waals surface area contributed by atoms with Gasteiger partial charge in [-0.1, -0.05) is 0 Å². The van der Waals surface area contributed by atoms with Crippen molar-refractivity contribution >= 4 is 0 Å². The van der Waals surface area contributed by atoms with Crippen molar-refractivity contribution in [1.82, 2.24) is 10.3 Å². The summed E-state index contributed by atoms with van der Waals surface area (Å²) in [5, 5.41) is 3.23. The minimum absolute atomic E-state index is 0.0776. The van der Waals surface area contributed by atoms with Gasteiger partial charge < -0.3 is 9.73 Å². The SMILES string of the molecule is CNC1(c2nc(C)co2)CC1. The monoisotopic (exact) mass is 152 g/mol. The third-order valence-corrected chi connectivity index (χ3v) is 2.26. The van der Waals surface area contributed by atoms with Crippen molar-refractivity contribution in [2.75, 3.05) is 7.05 Å². The molecular formula is C8H12N2O. The fraction of sp³-hybridized carbons (Fsp3) is 0.625. The van der Waals surface area contributed by atoms with E-state index < -0.39 is 0 Å². The van der Waals surface area contributed by atoms with Crippen LogP contribution in [0.3, 0.4) is 0 Å². The van der Waals surface area contributed by atoms with E-state index in [1.54, 1.807) is 6.26 Å². The zero-order valence-corrected chi connectivity index (χ0v) is 6.85. The molecule has 3 heteroatoms. The first-order chi connectivity index (χ1) is 5.27. The Morgan fingerprint density at radius 2 is 2.36 bits per heavy atom. The molecule has 3 nitrogen and oxygen atoms in total. The van der Waals surface area contributed by atoms with Gasteiger partial charge in [-0.15, -0.1) is 0 Å². The molecule has 0 spiro atoms. The summed E-state index contributed by atoms with van der Waals surface area (Å²) in [4.78, 5) is 4.29. The maximum absolute atomic E-state index is 5.31. The van der Waals surface area contributed by atoms with Crippen molar-refractivity contribution in [2.24, 2.45) is 0 Å². The van der Waals surface area contributed by atoms with Gasteiger partial charge in [-0.2, -0.15) is 0 Å². The first kappa shape index (κ1) is 6.85. The molecule has 1 aliphatic carbocycles. The first-order valence-electron chi connectivity index (χ1n) is 3.88. The molecule has 0 radical (unpaired) electrons. The van der Waals surface area contributed by atoms with E-state index in [2.05, 4.69) is 10.3 Å². The predicted octanol–water partition coefficient (Wildman–Crippen LogP) is 1.19. The van der Waals surface area contributed by atoms with Gasteiger partial charge in [0.25, 0.3) is 0 Å². The molecule has 1 saturated carbocycles. The van der Waals surface area contributed by atoms with Gasteiger partial charge in [0.2, 0.25) is 5.89 Å². The van der Waals surface area contributed by atoms with Crippen molar-refractivity contribution in [3.05, 3.63) is 17.8 Å². The number of nitrogens with zero attached hydrogens (tertiary/aromatic N) is 1. The topological polar surface area (TPSA) is 38.1 Å². The van der Waals surface area contributed by atoms with Crippen LogP contribution < -0.4 is 5.32 Å². The molecule has 1 N–H and O–H groups in total. The smallest absolute Gasteiger partial charge is 0.214 e. The second-order valence-corrected chi connectivity index (χ2v) is 3.13. The molecule has 0 amide bonds. The number of oxazole rings is 1. The fourth-order valence-corrected chi connectivity index (χ4v) is 1.27. The summed E-state index contributed by atoms with van der Waals surface area (Å²) < 4.78 is 5.31. The number of aryl methyl sites for hydroxylation is 1. The second kappa shape index (κ2) is 2.08. The summed E-state index contributed by atoms with van der Waals surface area (Å²) in [5.41, 5.74) is 1.04. The molecule has 11 heavy (non-hydrogen) atoms. The summed E-state index contributed by atoms with van der Waals surface area (Å²) in [7, 11) is 1.95. The highest BCUT2D eigenvalue weighted by molar-refractivity contribution is 5.14. The van der Waals surface area contributed by atoms with Crippen LogP contribution in [-0.4, -0.2) is 12.0 Å². The quantitative estimate of drug-likeness (QED) is 0.691. The number of hydrogen-bond donors (Lipinski definition) is 1. The van der Waals surface area contributed by atoms with Crippen LogP contribution in [0.5, 0.6) is 0 Å². The molecule has 0 atom stereocenters. The van der Waals surface area contributed by atoms with Crippen molar-refractivity contribution in [2.45, 2.75) is 25.3 Å². The summed E-state index contributed by atoms with van der Waals surface area (Å²) in [6, 6.07) is 0. The van der Waals surface area contributed by atoms with Gasteiger partial charge in [-0.25, -0.2) is 4.98 Å². The lowest BCUT2D eigenvalue weighted by atomic mass is 10.3. The minimum Gasteiger partial charge on any atom is -0.447 e. The molecule has 0 aliphatic heterocycles. The highest BCUT2D eigenvalue weighted by Crippen LogP contribution is 2.44. The van der Waals surface area contributed by atoms with E-state index in [4.69, 9.17) is 4.42 Å². The van der Waals surface area contributed by atoms with Gasteiger partial charge >= 0.3 is 0 Å². The average molecular weight is 152 g/mol. The molecule has 60 valence electrons. The molecular weight excluding hydrogens is 140 g/mol. The first-order valence-corrected chi connectivity index (χ1v) is 3.88. The second-order valence-electron chi connectivity index (χ2n) is 3.13. The van der Waals surface area contributed by atoms with Gasteiger partial charge in [0.15, 0.2) is 0 Å². The Morgan fingerprint density at radius 1 is 1.64 bits per heavy atom. The summed E-state index contributed by atoms with van der Waals surface area (Å²) in [5.74, 6) is 0.845. The molecule has 1 aromatic rings. The molecule has 1 aromatic heterocycles. The normalized spacial score (nSPS) is 20.2. The van der Waals surface area contributed by atoms with Crippen LogP contribution in [0.4, 0.5) is 0 Å². The molecule has 1 fully saturated rings. The summed E-state index contributed by atoms with van der Waals surface area (Å²) >= 11 is 0. The number of hydrogen-bond acceptors (Lipinski definition) is 3. The van der Waals surface area contributed by atoms with Crippen LogP contribution in [0.2, 0.25) is 0 Å². The minimum atomic E-state index is 0.0776. The number of nitrogens with one attached hydrogen (secondary N) is 1. The van der Waals surface area contributed by atoms with Gasteiger partial charge in [0, 0.05) is 0 Å². The molecule has 1 aliphatic rings. The summed E-state index contributed by atoms with van der Waals surface area (Å²) in [6.45, 7) is 1.94. The van der Waals surface area contributed by atoms with Gasteiger partial charge in [-0.05, 0) is 26.8 Å². The van der Waals surface area contributed by atoms with E-state index in [-0.39, 0.29) is 5.54 Å². The third-order valence-electron chi connectivity index (χ3n) is 2.26.